The monoisotopic (exact) mass is 168 g/mol. The van der Waals surface area contributed by atoms with E-state index in [0.717, 1.165) is 5.56 Å². The molecule has 0 spiro atoms. The van der Waals surface area contributed by atoms with E-state index in [1.54, 1.807) is 19.5 Å². The minimum atomic E-state index is 0.417. The maximum atomic E-state index is 4.75. The van der Waals surface area contributed by atoms with Gasteiger partial charge in [0.2, 0.25) is 0 Å². The van der Waals surface area contributed by atoms with Crippen LogP contribution in [0.2, 0.25) is 0 Å². The highest BCUT2D eigenvalue weighted by Crippen LogP contribution is 1.98. The van der Waals surface area contributed by atoms with Gasteiger partial charge in [-0.3, -0.25) is 0 Å². The molecule has 12 heavy (non-hydrogen) atoms. The van der Waals surface area contributed by atoms with Crippen molar-refractivity contribution in [2.45, 2.75) is 27.2 Å². The normalized spacial score (nSPS) is 8.33. The molecule has 1 rings (SSSR count). The second-order valence-corrected chi connectivity index (χ2v) is 2.45. The van der Waals surface area contributed by atoms with Crippen molar-refractivity contribution < 1.29 is 4.74 Å². The summed E-state index contributed by atoms with van der Waals surface area (Å²) in [5.74, 6) is 0. The lowest BCUT2D eigenvalue weighted by Gasteiger charge is -1.94. The van der Waals surface area contributed by atoms with Crippen LogP contribution in [-0.2, 0) is 0 Å². The lowest BCUT2D eigenvalue weighted by molar-refractivity contribution is 0.379. The fraction of sp³-hybridized carbons (Fsp3) is 0.556. The molecule has 68 valence electrons. The Labute approximate surface area is 73.8 Å². The largest absolute Gasteiger partial charge is 0.467 e. The zero-order valence-electron chi connectivity index (χ0n) is 8.16. The van der Waals surface area contributed by atoms with E-state index < -0.39 is 0 Å². The molecular weight excluding hydrogens is 152 g/mol. The Morgan fingerprint density at radius 3 is 2.00 bits per heavy atom. The van der Waals surface area contributed by atoms with Crippen molar-refractivity contribution >= 4 is 0 Å². The van der Waals surface area contributed by atoms with Crippen LogP contribution in [0.4, 0.5) is 0 Å². The Hall–Kier alpha value is -1.12. The summed E-state index contributed by atoms with van der Waals surface area (Å²) in [5.41, 5.74) is 1.04. The highest BCUT2D eigenvalue weighted by molar-refractivity contribution is 5.04. The van der Waals surface area contributed by atoms with Crippen LogP contribution in [0.25, 0.3) is 0 Å². The van der Waals surface area contributed by atoms with Crippen LogP contribution in [0.1, 0.15) is 25.8 Å². The summed E-state index contributed by atoms with van der Waals surface area (Å²) in [6.07, 6.45) is 4.68. The lowest BCUT2D eigenvalue weighted by Crippen LogP contribution is -1.90. The summed E-state index contributed by atoms with van der Waals surface area (Å²) in [4.78, 5) is 7.73. The first-order valence-corrected chi connectivity index (χ1v) is 4.07. The highest BCUT2D eigenvalue weighted by atomic mass is 16.5. The SMILES string of the molecule is CCC.COc1ncc(C)cn1. The van der Waals surface area contributed by atoms with Gasteiger partial charge < -0.3 is 4.74 Å². The highest BCUT2D eigenvalue weighted by Gasteiger charge is 1.89. The van der Waals surface area contributed by atoms with Crippen LogP contribution in [0.5, 0.6) is 6.01 Å². The van der Waals surface area contributed by atoms with Crippen LogP contribution in [0, 0.1) is 6.92 Å². The van der Waals surface area contributed by atoms with E-state index in [1.807, 2.05) is 6.92 Å². The molecule has 0 N–H and O–H groups in total. The molecule has 0 unspecified atom stereocenters. The van der Waals surface area contributed by atoms with Gasteiger partial charge in [0, 0.05) is 12.4 Å². The summed E-state index contributed by atoms with van der Waals surface area (Å²) in [6, 6.07) is 0.417. The van der Waals surface area contributed by atoms with E-state index in [4.69, 9.17) is 4.74 Å². The topological polar surface area (TPSA) is 35.0 Å². The minimum absolute atomic E-state index is 0.417. The van der Waals surface area contributed by atoms with Crippen molar-refractivity contribution in [2.75, 3.05) is 7.11 Å². The van der Waals surface area contributed by atoms with Crippen molar-refractivity contribution in [1.82, 2.24) is 9.97 Å². The lowest BCUT2D eigenvalue weighted by atomic mass is 10.4. The van der Waals surface area contributed by atoms with E-state index in [2.05, 4.69) is 23.8 Å². The molecule has 0 fully saturated rings. The number of nitrogens with zero attached hydrogens (tertiary/aromatic N) is 2. The van der Waals surface area contributed by atoms with Gasteiger partial charge in [0.15, 0.2) is 0 Å². The van der Waals surface area contributed by atoms with Crippen LogP contribution in [0.3, 0.4) is 0 Å². The maximum Gasteiger partial charge on any atom is 0.316 e. The van der Waals surface area contributed by atoms with Crippen molar-refractivity contribution in [1.29, 1.82) is 0 Å². The average Bonchev–Trinajstić information content (AvgIpc) is 2.07. The summed E-state index contributed by atoms with van der Waals surface area (Å²) >= 11 is 0. The zero-order valence-corrected chi connectivity index (χ0v) is 8.16. The zero-order chi connectivity index (χ0) is 9.40. The fourth-order valence-corrected chi connectivity index (χ4v) is 0.486. The van der Waals surface area contributed by atoms with Gasteiger partial charge in [-0.2, -0.15) is 0 Å². The molecule has 1 heterocycles. The van der Waals surface area contributed by atoms with Gasteiger partial charge in [-0.1, -0.05) is 20.3 Å². The Bertz CT molecular complexity index is 196. The fourth-order valence-electron chi connectivity index (χ4n) is 0.486. The van der Waals surface area contributed by atoms with Gasteiger partial charge in [-0.15, -0.1) is 0 Å². The van der Waals surface area contributed by atoms with Gasteiger partial charge in [-0.25, -0.2) is 9.97 Å². The van der Waals surface area contributed by atoms with Gasteiger partial charge in [0.05, 0.1) is 7.11 Å². The summed E-state index contributed by atoms with van der Waals surface area (Å²) < 4.78 is 4.75. The van der Waals surface area contributed by atoms with Gasteiger partial charge in [0.1, 0.15) is 0 Å². The van der Waals surface area contributed by atoms with Crippen molar-refractivity contribution in [3.8, 4) is 6.01 Å². The predicted octanol–water partition coefficient (Wildman–Crippen LogP) is 2.21. The molecule has 1 aromatic rings. The third kappa shape index (κ3) is 4.66. The smallest absolute Gasteiger partial charge is 0.316 e. The Balaban J connectivity index is 0.000000354. The second kappa shape index (κ2) is 6.58. The van der Waals surface area contributed by atoms with E-state index >= 15 is 0 Å². The maximum absolute atomic E-state index is 4.75. The third-order valence-corrected chi connectivity index (χ3v) is 0.940. The third-order valence-electron chi connectivity index (χ3n) is 0.940. The Morgan fingerprint density at radius 1 is 1.25 bits per heavy atom. The first kappa shape index (κ1) is 10.9. The molecule has 3 nitrogen and oxygen atoms in total. The van der Waals surface area contributed by atoms with Crippen LogP contribution in [0.15, 0.2) is 12.4 Å². The molecule has 0 atom stereocenters. The molecule has 0 bridgehead atoms. The quantitative estimate of drug-likeness (QED) is 0.644. The Kier molecular flexibility index (Phi) is 5.97. The van der Waals surface area contributed by atoms with Crippen LogP contribution < -0.4 is 4.74 Å². The number of hydrogen-bond acceptors (Lipinski definition) is 3. The van der Waals surface area contributed by atoms with E-state index in [-0.39, 0.29) is 0 Å². The standard InChI is InChI=1S/C6H8N2O.C3H8/c1-5-3-7-6(9-2)8-4-5;1-3-2/h3-4H,1-2H3;3H2,1-2H3. The summed E-state index contributed by atoms with van der Waals surface area (Å²) in [6.45, 7) is 6.18. The van der Waals surface area contributed by atoms with Gasteiger partial charge in [-0.05, 0) is 12.5 Å². The van der Waals surface area contributed by atoms with Crippen molar-refractivity contribution in [3.63, 3.8) is 0 Å². The van der Waals surface area contributed by atoms with Crippen LogP contribution in [-0.4, -0.2) is 17.1 Å². The molecule has 0 amide bonds. The van der Waals surface area contributed by atoms with E-state index in [9.17, 15) is 0 Å². The van der Waals surface area contributed by atoms with Crippen LogP contribution >= 0.6 is 0 Å². The molecule has 1 aromatic heterocycles. The summed E-state index contributed by atoms with van der Waals surface area (Å²) in [5, 5.41) is 0. The molecule has 0 aliphatic heterocycles. The van der Waals surface area contributed by atoms with Gasteiger partial charge in [0.25, 0.3) is 0 Å². The molecule has 0 aliphatic carbocycles. The van der Waals surface area contributed by atoms with Crippen molar-refractivity contribution in [2.24, 2.45) is 0 Å². The minimum Gasteiger partial charge on any atom is -0.467 e. The molecule has 0 aromatic carbocycles. The first-order chi connectivity index (χ1) is 5.74. The number of rotatable bonds is 1. The molecular formula is C9H16N2O. The molecule has 0 aliphatic rings. The van der Waals surface area contributed by atoms with Crippen molar-refractivity contribution in [3.05, 3.63) is 18.0 Å². The molecule has 0 saturated carbocycles. The number of hydrogen-bond donors (Lipinski definition) is 0. The van der Waals surface area contributed by atoms with E-state index in [1.165, 1.54) is 6.42 Å². The predicted molar refractivity (Wildman–Crippen MR) is 49.3 cm³/mol. The number of ether oxygens (including phenoxy) is 1. The number of aryl methyl sites for hydroxylation is 1. The first-order valence-electron chi connectivity index (χ1n) is 4.07. The average molecular weight is 168 g/mol. The number of methoxy groups -OCH3 is 1. The number of aromatic nitrogens is 2. The van der Waals surface area contributed by atoms with E-state index in [0.29, 0.717) is 6.01 Å². The van der Waals surface area contributed by atoms with Gasteiger partial charge >= 0.3 is 6.01 Å². The second-order valence-electron chi connectivity index (χ2n) is 2.45. The molecule has 0 radical (unpaired) electrons. The Morgan fingerprint density at radius 2 is 1.67 bits per heavy atom. The molecule has 3 heteroatoms. The molecule has 0 saturated heterocycles. The summed E-state index contributed by atoms with van der Waals surface area (Å²) in [7, 11) is 1.55.